The molecule has 0 aromatic heterocycles. The molecule has 17 heavy (non-hydrogen) atoms. The molecule has 0 aromatic rings. The number of quaternary nitrogens is 1. The van der Waals surface area contributed by atoms with E-state index in [-0.39, 0.29) is 12.3 Å². The Bertz CT molecular complexity index is 259. The molecule has 0 saturated heterocycles. The van der Waals surface area contributed by atoms with E-state index in [2.05, 4.69) is 26.5 Å². The third-order valence-electron chi connectivity index (χ3n) is 2.53. The maximum absolute atomic E-state index is 11.4. The van der Waals surface area contributed by atoms with Crippen molar-refractivity contribution >= 4 is 11.9 Å². The number of carboxylic acids is 1. The van der Waals surface area contributed by atoms with Gasteiger partial charge in [-0.15, -0.1) is 0 Å². The molecule has 1 unspecified atom stereocenters. The first-order valence-corrected chi connectivity index (χ1v) is 6.00. The highest BCUT2D eigenvalue weighted by atomic mass is 16.4. The zero-order valence-electron chi connectivity index (χ0n) is 11.3. The maximum atomic E-state index is 11.4. The fourth-order valence-corrected chi connectivity index (χ4v) is 1.34. The fraction of sp³-hybridized carbons (Fsp3) is 0.833. The average Bonchev–Trinajstić information content (AvgIpc) is 2.19. The van der Waals surface area contributed by atoms with Gasteiger partial charge in [0.15, 0.2) is 0 Å². The Hall–Kier alpha value is -1.10. The van der Waals surface area contributed by atoms with E-state index < -0.39 is 11.9 Å². The standard InChI is InChI=1S/C12H24N2O3/c1-10(12(16)17)6-7-11(15)13-8-5-9-14(2,3)4/h10H,5-9H2,1-4H3,(H-,13,15,16,17). The van der Waals surface area contributed by atoms with Crippen LogP contribution in [0.2, 0.25) is 0 Å². The summed E-state index contributed by atoms with van der Waals surface area (Å²) in [6.45, 7) is 3.20. The molecule has 1 N–H and O–H groups in total. The minimum atomic E-state index is -1.09. The van der Waals surface area contributed by atoms with E-state index in [0.717, 1.165) is 17.4 Å². The van der Waals surface area contributed by atoms with Gasteiger partial charge in [0.05, 0.1) is 27.7 Å². The van der Waals surface area contributed by atoms with Gasteiger partial charge in [0.25, 0.3) is 0 Å². The summed E-state index contributed by atoms with van der Waals surface area (Å²) in [7, 11) is 6.30. The molecule has 1 atom stereocenters. The first kappa shape index (κ1) is 15.9. The molecule has 5 nitrogen and oxygen atoms in total. The van der Waals surface area contributed by atoms with Crippen molar-refractivity contribution in [2.75, 3.05) is 34.2 Å². The second-order valence-corrected chi connectivity index (χ2v) is 5.48. The molecule has 0 aliphatic carbocycles. The summed E-state index contributed by atoms with van der Waals surface area (Å²) in [4.78, 5) is 21.8. The SMILES string of the molecule is CC(CCC(=O)NCCC[N+](C)(C)C)C(=O)[O-]. The summed E-state index contributed by atoms with van der Waals surface area (Å²) in [6.07, 6.45) is 1.51. The monoisotopic (exact) mass is 244 g/mol. The van der Waals surface area contributed by atoms with Crippen LogP contribution in [-0.2, 0) is 9.59 Å². The Balaban J connectivity index is 3.57. The van der Waals surface area contributed by atoms with E-state index in [1.165, 1.54) is 0 Å². The van der Waals surface area contributed by atoms with E-state index in [0.29, 0.717) is 13.0 Å². The third kappa shape index (κ3) is 9.81. The summed E-state index contributed by atoms with van der Waals surface area (Å²) in [5.74, 6) is -1.74. The van der Waals surface area contributed by atoms with Gasteiger partial charge in [0, 0.05) is 25.4 Å². The third-order valence-corrected chi connectivity index (χ3v) is 2.53. The average molecular weight is 244 g/mol. The molecule has 0 aliphatic rings. The smallest absolute Gasteiger partial charge is 0.220 e. The van der Waals surface area contributed by atoms with Gasteiger partial charge < -0.3 is 19.7 Å². The topological polar surface area (TPSA) is 69.2 Å². The molecule has 1 amide bonds. The Morgan fingerprint density at radius 3 is 2.35 bits per heavy atom. The van der Waals surface area contributed by atoms with Crippen molar-refractivity contribution in [3.63, 3.8) is 0 Å². The number of aliphatic carboxylic acids is 1. The highest BCUT2D eigenvalue weighted by Crippen LogP contribution is 2.03. The molecule has 0 spiro atoms. The zero-order chi connectivity index (χ0) is 13.5. The molecule has 5 heteroatoms. The van der Waals surface area contributed by atoms with Crippen LogP contribution in [0.5, 0.6) is 0 Å². The molecule has 0 saturated carbocycles. The molecule has 0 rings (SSSR count). The minimum absolute atomic E-state index is 0.0838. The molecule has 0 radical (unpaired) electrons. The number of carbonyl (C=O) groups excluding carboxylic acids is 2. The van der Waals surface area contributed by atoms with Crippen molar-refractivity contribution in [2.24, 2.45) is 5.92 Å². The second-order valence-electron chi connectivity index (χ2n) is 5.48. The highest BCUT2D eigenvalue weighted by molar-refractivity contribution is 5.76. The highest BCUT2D eigenvalue weighted by Gasteiger charge is 2.08. The fourth-order valence-electron chi connectivity index (χ4n) is 1.34. The summed E-state index contributed by atoms with van der Waals surface area (Å²) in [5, 5.41) is 13.2. The van der Waals surface area contributed by atoms with Crippen LogP contribution in [0.1, 0.15) is 26.2 Å². The number of amides is 1. The van der Waals surface area contributed by atoms with Gasteiger partial charge in [-0.25, -0.2) is 0 Å². The van der Waals surface area contributed by atoms with Crippen LogP contribution < -0.4 is 10.4 Å². The van der Waals surface area contributed by atoms with Crippen LogP contribution in [0.3, 0.4) is 0 Å². The summed E-state index contributed by atoms with van der Waals surface area (Å²) >= 11 is 0. The van der Waals surface area contributed by atoms with Crippen molar-refractivity contribution in [2.45, 2.75) is 26.2 Å². The van der Waals surface area contributed by atoms with Crippen LogP contribution >= 0.6 is 0 Å². The Morgan fingerprint density at radius 2 is 1.88 bits per heavy atom. The van der Waals surface area contributed by atoms with Crippen molar-refractivity contribution in [1.29, 1.82) is 0 Å². The summed E-state index contributed by atoms with van der Waals surface area (Å²) in [5.41, 5.74) is 0. The quantitative estimate of drug-likeness (QED) is 0.456. The van der Waals surface area contributed by atoms with Crippen molar-refractivity contribution in [3.05, 3.63) is 0 Å². The molecule has 0 aliphatic heterocycles. The first-order chi connectivity index (χ1) is 7.72. The number of hydrogen-bond acceptors (Lipinski definition) is 3. The zero-order valence-corrected chi connectivity index (χ0v) is 11.3. The molecule has 0 aromatic carbocycles. The van der Waals surface area contributed by atoms with Gasteiger partial charge in [-0.2, -0.15) is 0 Å². The number of carbonyl (C=O) groups is 2. The second kappa shape index (κ2) is 7.27. The van der Waals surface area contributed by atoms with Crippen molar-refractivity contribution in [1.82, 2.24) is 5.32 Å². The number of nitrogens with one attached hydrogen (secondary N) is 1. The summed E-state index contributed by atoms with van der Waals surface area (Å²) < 4.78 is 0.873. The number of carboxylic acid groups (broad SMARTS) is 1. The molecule has 0 fully saturated rings. The lowest BCUT2D eigenvalue weighted by atomic mass is 10.1. The maximum Gasteiger partial charge on any atom is 0.220 e. The van der Waals surface area contributed by atoms with Gasteiger partial charge in [0.1, 0.15) is 0 Å². The molecular weight excluding hydrogens is 220 g/mol. The van der Waals surface area contributed by atoms with Crippen LogP contribution in [0.4, 0.5) is 0 Å². The molecule has 0 heterocycles. The lowest BCUT2D eigenvalue weighted by Crippen LogP contribution is -2.37. The lowest BCUT2D eigenvalue weighted by Gasteiger charge is -2.23. The Labute approximate surface area is 103 Å². The van der Waals surface area contributed by atoms with Gasteiger partial charge in [-0.3, -0.25) is 4.79 Å². The largest absolute Gasteiger partial charge is 0.550 e. The van der Waals surface area contributed by atoms with E-state index in [1.54, 1.807) is 6.92 Å². The van der Waals surface area contributed by atoms with Crippen molar-refractivity contribution in [3.8, 4) is 0 Å². The van der Waals surface area contributed by atoms with Gasteiger partial charge in [0.2, 0.25) is 5.91 Å². The van der Waals surface area contributed by atoms with Crippen molar-refractivity contribution < 1.29 is 19.2 Å². The Kier molecular flexibility index (Phi) is 6.80. The first-order valence-electron chi connectivity index (χ1n) is 6.00. The van der Waals surface area contributed by atoms with E-state index in [9.17, 15) is 14.7 Å². The number of nitrogens with zero attached hydrogens (tertiary/aromatic N) is 1. The Morgan fingerprint density at radius 1 is 1.29 bits per heavy atom. The van der Waals surface area contributed by atoms with E-state index in [4.69, 9.17) is 0 Å². The summed E-state index contributed by atoms with van der Waals surface area (Å²) in [6, 6.07) is 0. The molecular formula is C12H24N2O3. The predicted octanol–water partition coefficient (Wildman–Crippen LogP) is -0.635. The van der Waals surface area contributed by atoms with E-state index >= 15 is 0 Å². The number of rotatable bonds is 8. The van der Waals surface area contributed by atoms with Crippen LogP contribution in [0, 0.1) is 5.92 Å². The van der Waals surface area contributed by atoms with Crippen LogP contribution in [-0.4, -0.2) is 50.6 Å². The lowest BCUT2D eigenvalue weighted by molar-refractivity contribution is -0.870. The van der Waals surface area contributed by atoms with E-state index in [1.807, 2.05) is 0 Å². The van der Waals surface area contributed by atoms with Crippen LogP contribution in [0.15, 0.2) is 0 Å². The van der Waals surface area contributed by atoms with Crippen LogP contribution in [0.25, 0.3) is 0 Å². The predicted molar refractivity (Wildman–Crippen MR) is 63.9 cm³/mol. The minimum Gasteiger partial charge on any atom is -0.550 e. The van der Waals surface area contributed by atoms with Gasteiger partial charge >= 0.3 is 0 Å². The van der Waals surface area contributed by atoms with Gasteiger partial charge in [-0.1, -0.05) is 6.92 Å². The normalized spacial score (nSPS) is 13.2. The molecule has 100 valence electrons. The molecule has 0 bridgehead atoms. The number of hydrogen-bond donors (Lipinski definition) is 1. The van der Waals surface area contributed by atoms with Gasteiger partial charge in [-0.05, 0) is 12.3 Å².